The minimum atomic E-state index is -0.326. The molecule has 20 heavy (non-hydrogen) atoms. The van der Waals surface area contributed by atoms with Crippen LogP contribution in [0.3, 0.4) is 0 Å². The fourth-order valence-corrected chi connectivity index (χ4v) is 2.75. The SMILES string of the molecule is Cc1ccc2c(CSc3ncccn3)cc(=O)oc2c1. The normalized spacial score (nSPS) is 10.8. The number of aromatic nitrogens is 2. The topological polar surface area (TPSA) is 56.0 Å². The van der Waals surface area contributed by atoms with Crippen LogP contribution in [0.15, 0.2) is 57.1 Å². The molecule has 0 N–H and O–H groups in total. The van der Waals surface area contributed by atoms with Gasteiger partial charge in [0.15, 0.2) is 5.16 Å². The van der Waals surface area contributed by atoms with Gasteiger partial charge >= 0.3 is 5.63 Å². The van der Waals surface area contributed by atoms with E-state index in [4.69, 9.17) is 4.42 Å². The number of fused-ring (bicyclic) bond motifs is 1. The van der Waals surface area contributed by atoms with E-state index in [1.54, 1.807) is 18.5 Å². The Kier molecular flexibility index (Phi) is 3.52. The van der Waals surface area contributed by atoms with Crippen LogP contribution in [-0.2, 0) is 5.75 Å². The second-order valence-electron chi connectivity index (χ2n) is 4.41. The first-order valence-electron chi connectivity index (χ1n) is 6.15. The highest BCUT2D eigenvalue weighted by atomic mass is 32.2. The number of hydrogen-bond donors (Lipinski definition) is 0. The lowest BCUT2D eigenvalue weighted by Crippen LogP contribution is -2.00. The Morgan fingerprint density at radius 1 is 1.20 bits per heavy atom. The van der Waals surface area contributed by atoms with E-state index in [9.17, 15) is 4.79 Å². The van der Waals surface area contributed by atoms with Crippen molar-refractivity contribution < 1.29 is 4.42 Å². The maximum absolute atomic E-state index is 11.6. The van der Waals surface area contributed by atoms with Gasteiger partial charge < -0.3 is 4.42 Å². The highest BCUT2D eigenvalue weighted by molar-refractivity contribution is 7.98. The molecule has 0 saturated carbocycles. The van der Waals surface area contributed by atoms with Crippen LogP contribution in [0.5, 0.6) is 0 Å². The number of hydrogen-bond acceptors (Lipinski definition) is 5. The molecule has 0 radical (unpaired) electrons. The molecule has 0 atom stereocenters. The zero-order valence-electron chi connectivity index (χ0n) is 10.9. The van der Waals surface area contributed by atoms with Gasteiger partial charge in [-0.1, -0.05) is 23.9 Å². The van der Waals surface area contributed by atoms with Gasteiger partial charge in [-0.05, 0) is 30.2 Å². The average molecular weight is 284 g/mol. The predicted octanol–water partition coefficient (Wildman–Crippen LogP) is 3.18. The number of aryl methyl sites for hydroxylation is 1. The summed E-state index contributed by atoms with van der Waals surface area (Å²) in [7, 11) is 0. The Balaban J connectivity index is 1.97. The second kappa shape index (κ2) is 5.46. The zero-order valence-corrected chi connectivity index (χ0v) is 11.7. The van der Waals surface area contributed by atoms with E-state index in [0.717, 1.165) is 16.5 Å². The van der Waals surface area contributed by atoms with Gasteiger partial charge in [0, 0.05) is 29.6 Å². The molecule has 3 aromatic rings. The first-order chi connectivity index (χ1) is 9.72. The van der Waals surface area contributed by atoms with Crippen LogP contribution in [0.25, 0.3) is 11.0 Å². The van der Waals surface area contributed by atoms with Crippen molar-refractivity contribution in [3.8, 4) is 0 Å². The van der Waals surface area contributed by atoms with Crippen LogP contribution in [0.4, 0.5) is 0 Å². The summed E-state index contributed by atoms with van der Waals surface area (Å²) in [5, 5.41) is 1.65. The standard InChI is InChI=1S/C15H12N2O2S/c1-10-3-4-12-11(8-14(18)19-13(12)7-10)9-20-15-16-5-2-6-17-15/h2-8H,9H2,1H3. The van der Waals surface area contributed by atoms with Gasteiger partial charge in [-0.15, -0.1) is 0 Å². The van der Waals surface area contributed by atoms with Crippen LogP contribution in [0, 0.1) is 6.92 Å². The molecule has 0 spiro atoms. The van der Waals surface area contributed by atoms with Crippen LogP contribution in [0.2, 0.25) is 0 Å². The van der Waals surface area contributed by atoms with Gasteiger partial charge in [0.1, 0.15) is 5.58 Å². The number of nitrogens with zero attached hydrogens (tertiary/aromatic N) is 2. The van der Waals surface area contributed by atoms with Crippen molar-refractivity contribution in [2.75, 3.05) is 0 Å². The molecule has 0 aliphatic rings. The second-order valence-corrected chi connectivity index (χ2v) is 5.35. The summed E-state index contributed by atoms with van der Waals surface area (Å²) >= 11 is 1.50. The van der Waals surface area contributed by atoms with E-state index in [1.165, 1.54) is 17.8 Å². The Hall–Kier alpha value is -2.14. The van der Waals surface area contributed by atoms with Gasteiger partial charge in [-0.3, -0.25) is 0 Å². The Morgan fingerprint density at radius 2 is 2.00 bits per heavy atom. The Labute approximate surface area is 119 Å². The van der Waals surface area contributed by atoms with E-state index in [0.29, 0.717) is 16.5 Å². The first-order valence-corrected chi connectivity index (χ1v) is 7.14. The summed E-state index contributed by atoms with van der Waals surface area (Å²) < 4.78 is 5.24. The zero-order chi connectivity index (χ0) is 13.9. The van der Waals surface area contributed by atoms with E-state index >= 15 is 0 Å². The van der Waals surface area contributed by atoms with E-state index in [2.05, 4.69) is 9.97 Å². The number of rotatable bonds is 3. The minimum Gasteiger partial charge on any atom is -0.423 e. The predicted molar refractivity (Wildman–Crippen MR) is 78.8 cm³/mol. The maximum atomic E-state index is 11.6. The van der Waals surface area contributed by atoms with Crippen LogP contribution in [-0.4, -0.2) is 9.97 Å². The Bertz CT molecular complexity index is 800. The summed E-state index contributed by atoms with van der Waals surface area (Å²) in [4.78, 5) is 19.9. The summed E-state index contributed by atoms with van der Waals surface area (Å²) in [6.45, 7) is 1.97. The molecule has 0 bridgehead atoms. The minimum absolute atomic E-state index is 0.326. The van der Waals surface area contributed by atoms with Gasteiger partial charge in [-0.2, -0.15) is 0 Å². The lowest BCUT2D eigenvalue weighted by Gasteiger charge is -2.05. The summed E-state index contributed by atoms with van der Waals surface area (Å²) in [5.74, 6) is 0.634. The lowest BCUT2D eigenvalue weighted by atomic mass is 10.1. The van der Waals surface area contributed by atoms with Crippen molar-refractivity contribution in [1.82, 2.24) is 9.97 Å². The van der Waals surface area contributed by atoms with Gasteiger partial charge in [0.25, 0.3) is 0 Å². The highest BCUT2D eigenvalue weighted by Crippen LogP contribution is 2.24. The third-order valence-electron chi connectivity index (χ3n) is 2.88. The highest BCUT2D eigenvalue weighted by Gasteiger charge is 2.07. The molecule has 2 heterocycles. The van der Waals surface area contributed by atoms with Crippen molar-refractivity contribution in [2.45, 2.75) is 17.8 Å². The van der Waals surface area contributed by atoms with Crippen LogP contribution < -0.4 is 5.63 Å². The quantitative estimate of drug-likeness (QED) is 0.420. The van der Waals surface area contributed by atoms with Gasteiger partial charge in [-0.25, -0.2) is 14.8 Å². The monoisotopic (exact) mass is 284 g/mol. The maximum Gasteiger partial charge on any atom is 0.336 e. The van der Waals surface area contributed by atoms with Crippen molar-refractivity contribution in [3.63, 3.8) is 0 Å². The molecule has 1 aromatic carbocycles. The summed E-state index contributed by atoms with van der Waals surface area (Å²) in [5.41, 5.74) is 2.31. The molecule has 0 aliphatic heterocycles. The van der Waals surface area contributed by atoms with Crippen molar-refractivity contribution >= 4 is 22.7 Å². The molecule has 5 heteroatoms. The van der Waals surface area contributed by atoms with Crippen LogP contribution in [0.1, 0.15) is 11.1 Å². The van der Waals surface area contributed by atoms with Crippen LogP contribution >= 0.6 is 11.8 Å². The molecule has 3 rings (SSSR count). The largest absolute Gasteiger partial charge is 0.423 e. The first kappa shape index (κ1) is 12.9. The van der Waals surface area contributed by atoms with E-state index in [-0.39, 0.29) is 5.63 Å². The number of benzene rings is 1. The molecular formula is C15H12N2O2S. The molecule has 0 amide bonds. The fourth-order valence-electron chi connectivity index (χ4n) is 1.96. The average Bonchev–Trinajstić information content (AvgIpc) is 2.45. The molecule has 0 saturated heterocycles. The lowest BCUT2D eigenvalue weighted by molar-refractivity contribution is 0.559. The van der Waals surface area contributed by atoms with Gasteiger partial charge in [0.05, 0.1) is 0 Å². The van der Waals surface area contributed by atoms with Crippen molar-refractivity contribution in [1.29, 1.82) is 0 Å². The smallest absolute Gasteiger partial charge is 0.336 e. The molecule has 2 aromatic heterocycles. The van der Waals surface area contributed by atoms with E-state index in [1.807, 2.05) is 25.1 Å². The number of thioether (sulfide) groups is 1. The fraction of sp³-hybridized carbons (Fsp3) is 0.133. The summed E-state index contributed by atoms with van der Waals surface area (Å²) in [6, 6.07) is 9.18. The third kappa shape index (κ3) is 2.72. The summed E-state index contributed by atoms with van der Waals surface area (Å²) in [6.07, 6.45) is 3.41. The molecule has 100 valence electrons. The third-order valence-corrected chi connectivity index (χ3v) is 3.81. The molecule has 0 unspecified atom stereocenters. The molecule has 0 fully saturated rings. The van der Waals surface area contributed by atoms with E-state index < -0.39 is 0 Å². The van der Waals surface area contributed by atoms with Crippen molar-refractivity contribution in [3.05, 3.63) is 64.3 Å². The van der Waals surface area contributed by atoms with Crippen molar-refractivity contribution in [2.24, 2.45) is 0 Å². The molecular weight excluding hydrogens is 272 g/mol. The molecule has 4 nitrogen and oxygen atoms in total. The molecule has 0 aliphatic carbocycles. The van der Waals surface area contributed by atoms with Gasteiger partial charge in [0.2, 0.25) is 0 Å². The Morgan fingerprint density at radius 3 is 2.80 bits per heavy atom.